The van der Waals surface area contributed by atoms with Gasteiger partial charge in [0, 0.05) is 11.6 Å². The van der Waals surface area contributed by atoms with Crippen molar-refractivity contribution in [2.45, 2.75) is 23.0 Å². The number of rotatable bonds is 5. The maximum absolute atomic E-state index is 12.4. The van der Waals surface area contributed by atoms with E-state index in [2.05, 4.69) is 9.71 Å². The molecule has 1 aliphatic rings. The monoisotopic (exact) mass is 346 g/mol. The quantitative estimate of drug-likeness (QED) is 0.755. The van der Waals surface area contributed by atoms with Crippen LogP contribution >= 0.6 is 11.3 Å². The first kappa shape index (κ1) is 14.5. The zero-order valence-electron chi connectivity index (χ0n) is 12.1. The van der Waals surface area contributed by atoms with Gasteiger partial charge in [0.15, 0.2) is 11.7 Å². The molecule has 23 heavy (non-hydrogen) atoms. The standard InChI is InChI=1S/C16H14N2O3S2/c19-23(20,18-12-4-2-1-3-5-12)15-9-8-14(22-15)13-10-17-16(21-13)11-6-7-11/h1-5,8-11,18H,6-7H2. The summed E-state index contributed by atoms with van der Waals surface area (Å²) in [6.45, 7) is 0. The number of anilines is 1. The van der Waals surface area contributed by atoms with E-state index in [1.54, 1.807) is 42.6 Å². The number of sulfonamides is 1. The molecule has 2 aromatic heterocycles. The van der Waals surface area contributed by atoms with E-state index in [1.807, 2.05) is 6.07 Å². The molecule has 1 aliphatic carbocycles. The molecule has 0 bridgehead atoms. The Morgan fingerprint density at radius 1 is 1.13 bits per heavy atom. The van der Waals surface area contributed by atoms with Crippen molar-refractivity contribution < 1.29 is 12.8 Å². The molecular formula is C16H14N2O3S2. The van der Waals surface area contributed by atoms with Crippen molar-refractivity contribution >= 4 is 27.0 Å². The fourth-order valence-electron chi connectivity index (χ4n) is 2.23. The second-order valence-electron chi connectivity index (χ2n) is 5.43. The second kappa shape index (κ2) is 5.50. The van der Waals surface area contributed by atoms with Crippen LogP contribution in [0.2, 0.25) is 0 Å². The fourth-order valence-corrected chi connectivity index (χ4v) is 4.54. The number of nitrogens with zero attached hydrogens (tertiary/aromatic N) is 1. The summed E-state index contributed by atoms with van der Waals surface area (Å²) in [6.07, 6.45) is 3.90. The number of hydrogen-bond acceptors (Lipinski definition) is 5. The molecule has 2 heterocycles. The molecule has 0 saturated heterocycles. The molecule has 1 fully saturated rings. The minimum absolute atomic E-state index is 0.251. The third kappa shape index (κ3) is 3.02. The maximum Gasteiger partial charge on any atom is 0.271 e. The molecule has 3 aromatic rings. The molecule has 1 N–H and O–H groups in total. The summed E-state index contributed by atoms with van der Waals surface area (Å²) in [7, 11) is -3.59. The molecule has 0 atom stereocenters. The van der Waals surface area contributed by atoms with E-state index in [-0.39, 0.29) is 4.21 Å². The van der Waals surface area contributed by atoms with Crippen LogP contribution in [-0.4, -0.2) is 13.4 Å². The minimum Gasteiger partial charge on any atom is -0.440 e. The largest absolute Gasteiger partial charge is 0.440 e. The van der Waals surface area contributed by atoms with Gasteiger partial charge >= 0.3 is 0 Å². The van der Waals surface area contributed by atoms with Gasteiger partial charge in [0.25, 0.3) is 10.0 Å². The van der Waals surface area contributed by atoms with E-state index in [9.17, 15) is 8.42 Å². The van der Waals surface area contributed by atoms with Crippen molar-refractivity contribution in [1.29, 1.82) is 0 Å². The van der Waals surface area contributed by atoms with Crippen LogP contribution in [0.25, 0.3) is 10.6 Å². The van der Waals surface area contributed by atoms with E-state index < -0.39 is 10.0 Å². The highest BCUT2D eigenvalue weighted by Gasteiger charge is 2.29. The Kier molecular flexibility index (Phi) is 3.46. The van der Waals surface area contributed by atoms with Gasteiger partial charge in [0.2, 0.25) is 0 Å². The normalized spacial score (nSPS) is 14.8. The predicted octanol–water partition coefficient (Wildman–Crippen LogP) is 4.08. The van der Waals surface area contributed by atoms with Crippen molar-refractivity contribution in [3.05, 3.63) is 54.6 Å². The Hall–Kier alpha value is -2.12. The minimum atomic E-state index is -3.59. The lowest BCUT2D eigenvalue weighted by Crippen LogP contribution is -2.11. The molecule has 0 radical (unpaired) electrons. The lowest BCUT2D eigenvalue weighted by atomic mass is 10.3. The van der Waals surface area contributed by atoms with E-state index in [1.165, 1.54) is 11.3 Å². The number of nitrogens with one attached hydrogen (secondary N) is 1. The molecule has 4 rings (SSSR count). The average Bonchev–Trinajstić information content (AvgIpc) is 3.07. The highest BCUT2D eigenvalue weighted by Crippen LogP contribution is 2.41. The first-order chi connectivity index (χ1) is 11.1. The molecule has 1 aromatic carbocycles. The van der Waals surface area contributed by atoms with E-state index in [4.69, 9.17) is 4.42 Å². The van der Waals surface area contributed by atoms with Gasteiger partial charge in [-0.15, -0.1) is 11.3 Å². The number of aromatic nitrogens is 1. The molecule has 0 amide bonds. The van der Waals surface area contributed by atoms with Crippen LogP contribution in [0, 0.1) is 0 Å². The van der Waals surface area contributed by atoms with Gasteiger partial charge in [-0.2, -0.15) is 0 Å². The van der Waals surface area contributed by atoms with Crippen LogP contribution in [-0.2, 0) is 10.0 Å². The van der Waals surface area contributed by atoms with E-state index in [0.717, 1.165) is 23.6 Å². The van der Waals surface area contributed by atoms with E-state index >= 15 is 0 Å². The van der Waals surface area contributed by atoms with Crippen molar-refractivity contribution in [2.24, 2.45) is 0 Å². The van der Waals surface area contributed by atoms with Gasteiger partial charge < -0.3 is 4.42 Å². The van der Waals surface area contributed by atoms with Crippen LogP contribution in [0.5, 0.6) is 0 Å². The fraction of sp³-hybridized carbons (Fsp3) is 0.188. The van der Waals surface area contributed by atoms with Crippen molar-refractivity contribution in [2.75, 3.05) is 4.72 Å². The molecule has 0 aliphatic heterocycles. The number of thiophene rings is 1. The van der Waals surface area contributed by atoms with Gasteiger partial charge in [0.1, 0.15) is 4.21 Å². The first-order valence-electron chi connectivity index (χ1n) is 7.26. The van der Waals surface area contributed by atoms with Gasteiger partial charge in [-0.1, -0.05) is 18.2 Å². The lowest BCUT2D eigenvalue weighted by Gasteiger charge is -2.05. The number of benzene rings is 1. The van der Waals surface area contributed by atoms with E-state index in [0.29, 0.717) is 17.4 Å². The summed E-state index contributed by atoms with van der Waals surface area (Å²) < 4.78 is 33.4. The summed E-state index contributed by atoms with van der Waals surface area (Å²) in [5.74, 6) is 1.81. The van der Waals surface area contributed by atoms with Crippen LogP contribution in [0.3, 0.4) is 0 Å². The Bertz CT molecular complexity index is 925. The van der Waals surface area contributed by atoms with Crippen molar-refractivity contribution in [3.8, 4) is 10.6 Å². The summed E-state index contributed by atoms with van der Waals surface area (Å²) in [6, 6.07) is 12.2. The topological polar surface area (TPSA) is 72.2 Å². The number of oxazole rings is 1. The number of para-hydroxylation sites is 1. The van der Waals surface area contributed by atoms with Crippen LogP contribution in [0.15, 0.2) is 57.3 Å². The smallest absolute Gasteiger partial charge is 0.271 e. The molecule has 0 spiro atoms. The zero-order chi connectivity index (χ0) is 15.9. The third-order valence-corrected chi connectivity index (χ3v) is 6.54. The van der Waals surface area contributed by atoms with Gasteiger partial charge in [-0.05, 0) is 37.1 Å². The summed E-state index contributed by atoms with van der Waals surface area (Å²) in [5.41, 5.74) is 0.540. The lowest BCUT2D eigenvalue weighted by molar-refractivity contribution is 0.510. The van der Waals surface area contributed by atoms with Crippen LogP contribution < -0.4 is 4.72 Å². The predicted molar refractivity (Wildman–Crippen MR) is 89.0 cm³/mol. The maximum atomic E-state index is 12.4. The zero-order valence-corrected chi connectivity index (χ0v) is 13.7. The highest BCUT2D eigenvalue weighted by atomic mass is 32.2. The van der Waals surface area contributed by atoms with Crippen LogP contribution in [0.1, 0.15) is 24.7 Å². The molecule has 0 unspecified atom stereocenters. The summed E-state index contributed by atoms with van der Waals surface area (Å²) >= 11 is 1.17. The Morgan fingerprint density at radius 3 is 2.65 bits per heavy atom. The third-order valence-electron chi connectivity index (χ3n) is 3.57. The molecule has 5 nitrogen and oxygen atoms in total. The summed E-state index contributed by atoms with van der Waals surface area (Å²) in [4.78, 5) is 5.03. The Balaban J connectivity index is 1.58. The molecular weight excluding hydrogens is 332 g/mol. The molecule has 7 heteroatoms. The Labute approximate surface area is 138 Å². The highest BCUT2D eigenvalue weighted by molar-refractivity contribution is 7.94. The number of hydrogen-bond donors (Lipinski definition) is 1. The molecule has 1 saturated carbocycles. The SMILES string of the molecule is O=S(=O)(Nc1ccccc1)c1ccc(-c2cnc(C3CC3)o2)s1. The molecule has 118 valence electrons. The second-order valence-corrected chi connectivity index (χ2v) is 8.42. The van der Waals surface area contributed by atoms with Gasteiger partial charge in [-0.3, -0.25) is 4.72 Å². The Morgan fingerprint density at radius 2 is 1.91 bits per heavy atom. The summed E-state index contributed by atoms with van der Waals surface area (Å²) in [5, 5.41) is 0. The van der Waals surface area contributed by atoms with Gasteiger partial charge in [0.05, 0.1) is 11.1 Å². The van der Waals surface area contributed by atoms with Gasteiger partial charge in [-0.25, -0.2) is 13.4 Å². The van der Waals surface area contributed by atoms with Crippen molar-refractivity contribution in [3.63, 3.8) is 0 Å². The average molecular weight is 346 g/mol. The van der Waals surface area contributed by atoms with Crippen LogP contribution in [0.4, 0.5) is 5.69 Å². The van der Waals surface area contributed by atoms with Crippen molar-refractivity contribution in [1.82, 2.24) is 4.98 Å². The first-order valence-corrected chi connectivity index (χ1v) is 9.55.